The van der Waals surface area contributed by atoms with E-state index in [0.29, 0.717) is 0 Å². The van der Waals surface area contributed by atoms with Gasteiger partial charge in [-0.1, -0.05) is 25.1 Å². The second-order valence-electron chi connectivity index (χ2n) is 5.47. The van der Waals surface area contributed by atoms with Crippen LogP contribution in [0.25, 0.3) is 22.4 Å². The lowest BCUT2D eigenvalue weighted by atomic mass is 10.0. The molecule has 3 rings (SSSR count). The summed E-state index contributed by atoms with van der Waals surface area (Å²) in [5.74, 6) is 0.879. The van der Waals surface area contributed by atoms with Gasteiger partial charge in [-0.2, -0.15) is 0 Å². The predicted molar refractivity (Wildman–Crippen MR) is 88.2 cm³/mol. The molecule has 0 atom stereocenters. The van der Waals surface area contributed by atoms with E-state index < -0.39 is 0 Å². The average Bonchev–Trinajstić information content (AvgIpc) is 2.56. The molecule has 0 spiro atoms. The maximum atomic E-state index is 4.38. The van der Waals surface area contributed by atoms with Crippen LogP contribution in [0.2, 0.25) is 0 Å². The fraction of sp³-hybridized carbons (Fsp3) is 0.211. The molecule has 0 saturated heterocycles. The Hall–Kier alpha value is -2.55. The highest BCUT2D eigenvalue weighted by molar-refractivity contribution is 5.65. The minimum absolute atomic E-state index is 0.861. The molecule has 0 aliphatic rings. The summed E-state index contributed by atoms with van der Waals surface area (Å²) in [5.41, 5.74) is 5.91. The first-order valence-corrected chi connectivity index (χ1v) is 7.56. The van der Waals surface area contributed by atoms with Gasteiger partial charge >= 0.3 is 0 Å². The Kier molecular flexibility index (Phi) is 3.96. The summed E-state index contributed by atoms with van der Waals surface area (Å²) >= 11 is 0. The smallest absolute Gasteiger partial charge is 0.212 e. The number of hydrogen-bond acceptors (Lipinski definition) is 2. The van der Waals surface area contributed by atoms with Gasteiger partial charge in [0.2, 0.25) is 5.69 Å². The van der Waals surface area contributed by atoms with Crippen LogP contribution in [0.1, 0.15) is 18.3 Å². The number of nitrogens with zero attached hydrogens (tertiary/aromatic N) is 3. The Bertz CT molecular complexity index is 792. The zero-order chi connectivity index (χ0) is 15.5. The maximum absolute atomic E-state index is 4.38. The highest BCUT2D eigenvalue weighted by Crippen LogP contribution is 2.22. The molecule has 110 valence electrons. The lowest BCUT2D eigenvalue weighted by Gasteiger charge is -2.06. The summed E-state index contributed by atoms with van der Waals surface area (Å²) in [5, 5.41) is 0. The van der Waals surface area contributed by atoms with Crippen molar-refractivity contribution in [3.8, 4) is 22.4 Å². The molecule has 0 fully saturated rings. The molecule has 3 nitrogen and oxygen atoms in total. The van der Waals surface area contributed by atoms with Crippen LogP contribution in [-0.4, -0.2) is 9.97 Å². The third kappa shape index (κ3) is 2.75. The second-order valence-corrected chi connectivity index (χ2v) is 5.47. The van der Waals surface area contributed by atoms with Crippen LogP contribution >= 0.6 is 0 Å². The Balaban J connectivity index is 2.00. The van der Waals surface area contributed by atoms with E-state index in [1.807, 2.05) is 12.4 Å². The van der Waals surface area contributed by atoms with Crippen molar-refractivity contribution < 1.29 is 4.57 Å². The van der Waals surface area contributed by atoms with E-state index in [1.165, 1.54) is 16.8 Å². The molecule has 0 N–H and O–H groups in total. The van der Waals surface area contributed by atoms with Crippen LogP contribution in [-0.2, 0) is 13.5 Å². The first kappa shape index (κ1) is 14.4. The average molecular weight is 290 g/mol. The van der Waals surface area contributed by atoms with Crippen molar-refractivity contribution in [1.29, 1.82) is 0 Å². The van der Waals surface area contributed by atoms with Crippen molar-refractivity contribution in [2.75, 3.05) is 0 Å². The minimum atomic E-state index is 0.861. The highest BCUT2D eigenvalue weighted by Gasteiger charge is 2.13. The summed E-state index contributed by atoms with van der Waals surface area (Å²) in [6.45, 7) is 4.20. The van der Waals surface area contributed by atoms with Crippen molar-refractivity contribution in [3.05, 3.63) is 66.4 Å². The van der Waals surface area contributed by atoms with Crippen LogP contribution in [0, 0.1) is 6.92 Å². The number of hydrogen-bond donors (Lipinski definition) is 0. The largest absolute Gasteiger partial charge is 0.241 e. The van der Waals surface area contributed by atoms with Gasteiger partial charge in [0.25, 0.3) is 0 Å². The molecule has 2 heterocycles. The molecular weight excluding hydrogens is 270 g/mol. The van der Waals surface area contributed by atoms with E-state index >= 15 is 0 Å². The standard InChI is InChI=1S/C19H20N3/c1-4-19-20-11-16(12-21-19)15-9-10-18(22(3)13-15)17-8-6-5-7-14(17)2/h5-13H,4H2,1-3H3/q+1. The van der Waals surface area contributed by atoms with Gasteiger partial charge in [0.15, 0.2) is 6.20 Å². The monoisotopic (exact) mass is 290 g/mol. The zero-order valence-corrected chi connectivity index (χ0v) is 13.2. The number of benzene rings is 1. The predicted octanol–water partition coefficient (Wildman–Crippen LogP) is 3.51. The van der Waals surface area contributed by atoms with Crippen LogP contribution in [0.15, 0.2) is 55.0 Å². The quantitative estimate of drug-likeness (QED) is 0.691. The van der Waals surface area contributed by atoms with Gasteiger partial charge in [-0.25, -0.2) is 14.5 Å². The first-order valence-electron chi connectivity index (χ1n) is 7.56. The van der Waals surface area contributed by atoms with Crippen molar-refractivity contribution in [3.63, 3.8) is 0 Å². The minimum Gasteiger partial charge on any atom is -0.241 e. The molecule has 0 radical (unpaired) electrons. The summed E-state index contributed by atoms with van der Waals surface area (Å²) in [4.78, 5) is 8.76. The summed E-state index contributed by atoms with van der Waals surface area (Å²) in [6, 6.07) is 12.7. The van der Waals surface area contributed by atoms with Crippen LogP contribution in [0.5, 0.6) is 0 Å². The number of aromatic nitrogens is 3. The van der Waals surface area contributed by atoms with E-state index in [0.717, 1.165) is 23.4 Å². The van der Waals surface area contributed by atoms with Gasteiger partial charge in [0.1, 0.15) is 12.9 Å². The fourth-order valence-electron chi connectivity index (χ4n) is 2.60. The third-order valence-electron chi connectivity index (χ3n) is 3.91. The molecule has 3 aromatic rings. The fourth-order valence-corrected chi connectivity index (χ4v) is 2.60. The zero-order valence-electron chi connectivity index (χ0n) is 13.2. The molecule has 0 aliphatic carbocycles. The van der Waals surface area contributed by atoms with Gasteiger partial charge in [-0.3, -0.25) is 0 Å². The summed E-state index contributed by atoms with van der Waals surface area (Å²) in [6.07, 6.45) is 6.79. The highest BCUT2D eigenvalue weighted by atomic mass is 14.9. The van der Waals surface area contributed by atoms with E-state index in [4.69, 9.17) is 0 Å². The van der Waals surface area contributed by atoms with E-state index in [2.05, 4.69) is 78.0 Å². The van der Waals surface area contributed by atoms with Gasteiger partial charge in [0, 0.05) is 41.6 Å². The maximum Gasteiger partial charge on any atom is 0.212 e. The van der Waals surface area contributed by atoms with E-state index in [9.17, 15) is 0 Å². The molecule has 0 saturated carbocycles. The van der Waals surface area contributed by atoms with Crippen molar-refractivity contribution >= 4 is 0 Å². The number of pyridine rings is 1. The molecule has 0 unspecified atom stereocenters. The molecule has 1 aromatic carbocycles. The molecule has 2 aromatic heterocycles. The van der Waals surface area contributed by atoms with Crippen LogP contribution in [0.4, 0.5) is 0 Å². The number of aryl methyl sites for hydroxylation is 3. The van der Waals surface area contributed by atoms with Crippen molar-refractivity contribution in [2.45, 2.75) is 20.3 Å². The number of rotatable bonds is 3. The van der Waals surface area contributed by atoms with Gasteiger partial charge in [-0.05, 0) is 24.6 Å². The SMILES string of the molecule is CCc1ncc(-c2ccc(-c3ccccc3C)[n+](C)c2)cn1. The Morgan fingerprint density at radius 3 is 2.32 bits per heavy atom. The molecular formula is C19H20N3+. The third-order valence-corrected chi connectivity index (χ3v) is 3.91. The lowest BCUT2D eigenvalue weighted by Crippen LogP contribution is -2.30. The van der Waals surface area contributed by atoms with Gasteiger partial charge in [0.05, 0.1) is 0 Å². The Morgan fingerprint density at radius 2 is 1.68 bits per heavy atom. The topological polar surface area (TPSA) is 29.7 Å². The molecule has 0 amide bonds. The van der Waals surface area contributed by atoms with Crippen molar-refractivity contribution in [2.24, 2.45) is 7.05 Å². The second kappa shape index (κ2) is 6.06. The lowest BCUT2D eigenvalue weighted by molar-refractivity contribution is -0.659. The van der Waals surface area contributed by atoms with E-state index in [-0.39, 0.29) is 0 Å². The Morgan fingerprint density at radius 1 is 0.955 bits per heavy atom. The van der Waals surface area contributed by atoms with E-state index in [1.54, 1.807) is 0 Å². The Labute approximate surface area is 131 Å². The molecule has 3 heteroatoms. The van der Waals surface area contributed by atoms with Crippen LogP contribution < -0.4 is 4.57 Å². The molecule has 0 bridgehead atoms. The first-order chi connectivity index (χ1) is 10.7. The summed E-state index contributed by atoms with van der Waals surface area (Å²) in [7, 11) is 2.08. The van der Waals surface area contributed by atoms with Gasteiger partial charge < -0.3 is 0 Å². The van der Waals surface area contributed by atoms with Gasteiger partial charge in [-0.15, -0.1) is 0 Å². The van der Waals surface area contributed by atoms with Crippen molar-refractivity contribution in [1.82, 2.24) is 9.97 Å². The normalized spacial score (nSPS) is 10.7. The molecule has 0 aliphatic heterocycles. The molecule has 22 heavy (non-hydrogen) atoms. The van der Waals surface area contributed by atoms with Crippen LogP contribution in [0.3, 0.4) is 0 Å². The summed E-state index contributed by atoms with van der Waals surface area (Å²) < 4.78 is 2.16.